The highest BCUT2D eigenvalue weighted by atomic mass is 16.5. The van der Waals surface area contributed by atoms with Crippen LogP contribution >= 0.6 is 0 Å². The van der Waals surface area contributed by atoms with E-state index in [1.807, 2.05) is 13.8 Å². The number of aromatic amines is 1. The zero-order valence-electron chi connectivity index (χ0n) is 8.50. The molecule has 0 atom stereocenters. The van der Waals surface area contributed by atoms with Crippen molar-refractivity contribution in [1.82, 2.24) is 15.2 Å². The maximum atomic E-state index is 11.2. The van der Waals surface area contributed by atoms with Crippen LogP contribution in [0.3, 0.4) is 0 Å². The molecule has 0 aromatic carbocycles. The fourth-order valence-corrected chi connectivity index (χ4v) is 0.802. The van der Waals surface area contributed by atoms with E-state index in [0.717, 1.165) is 0 Å². The molecular formula is C8H14N4O2. The van der Waals surface area contributed by atoms with Crippen molar-refractivity contribution < 1.29 is 9.53 Å². The van der Waals surface area contributed by atoms with Crippen molar-refractivity contribution in [2.45, 2.75) is 26.9 Å². The van der Waals surface area contributed by atoms with Crippen LogP contribution in [0.4, 0.5) is 5.95 Å². The number of H-pyrrole nitrogens is 1. The van der Waals surface area contributed by atoms with Crippen molar-refractivity contribution in [3.05, 3.63) is 5.82 Å². The monoisotopic (exact) mass is 198 g/mol. The number of hydrogen-bond donors (Lipinski definition) is 2. The van der Waals surface area contributed by atoms with Gasteiger partial charge in [0.05, 0.1) is 6.10 Å². The SMILES string of the molecule is Cc1nc(NC(=O)COC(C)C)n[nH]1. The second-order valence-electron chi connectivity index (χ2n) is 3.15. The minimum Gasteiger partial charge on any atom is -0.369 e. The van der Waals surface area contributed by atoms with E-state index in [2.05, 4.69) is 20.5 Å². The van der Waals surface area contributed by atoms with Gasteiger partial charge in [-0.1, -0.05) is 0 Å². The predicted molar refractivity (Wildman–Crippen MR) is 50.8 cm³/mol. The zero-order valence-corrected chi connectivity index (χ0v) is 8.50. The van der Waals surface area contributed by atoms with Gasteiger partial charge in [0, 0.05) is 0 Å². The number of hydrogen-bond acceptors (Lipinski definition) is 4. The predicted octanol–water partition coefficient (Wildman–Crippen LogP) is 0.477. The van der Waals surface area contributed by atoms with Gasteiger partial charge in [0.25, 0.3) is 5.91 Å². The van der Waals surface area contributed by atoms with E-state index < -0.39 is 0 Å². The molecule has 0 spiro atoms. The van der Waals surface area contributed by atoms with Crippen molar-refractivity contribution in [2.75, 3.05) is 11.9 Å². The highest BCUT2D eigenvalue weighted by molar-refractivity contribution is 5.89. The first-order valence-electron chi connectivity index (χ1n) is 4.38. The second-order valence-corrected chi connectivity index (χ2v) is 3.15. The van der Waals surface area contributed by atoms with Gasteiger partial charge in [0.15, 0.2) is 0 Å². The summed E-state index contributed by atoms with van der Waals surface area (Å²) in [7, 11) is 0. The van der Waals surface area contributed by atoms with E-state index in [1.54, 1.807) is 6.92 Å². The summed E-state index contributed by atoms with van der Waals surface area (Å²) < 4.78 is 5.10. The lowest BCUT2D eigenvalue weighted by atomic mass is 10.5. The molecule has 0 bridgehead atoms. The van der Waals surface area contributed by atoms with Crippen LogP contribution in [0.1, 0.15) is 19.7 Å². The van der Waals surface area contributed by atoms with Crippen molar-refractivity contribution in [3.63, 3.8) is 0 Å². The lowest BCUT2D eigenvalue weighted by Gasteiger charge is -2.05. The maximum Gasteiger partial charge on any atom is 0.252 e. The molecule has 0 aliphatic heterocycles. The molecule has 14 heavy (non-hydrogen) atoms. The Kier molecular flexibility index (Phi) is 3.58. The summed E-state index contributed by atoms with van der Waals surface area (Å²) in [6.07, 6.45) is 0.0367. The minimum atomic E-state index is -0.252. The van der Waals surface area contributed by atoms with Gasteiger partial charge < -0.3 is 4.74 Å². The number of rotatable bonds is 4. The standard InChI is InChI=1S/C8H14N4O2/c1-5(2)14-4-7(13)10-8-9-6(3)11-12-8/h5H,4H2,1-3H3,(H2,9,10,11,12,13). The van der Waals surface area contributed by atoms with Crippen LogP contribution in [0.2, 0.25) is 0 Å². The number of amides is 1. The molecule has 6 nitrogen and oxygen atoms in total. The lowest BCUT2D eigenvalue weighted by molar-refractivity contribution is -0.122. The van der Waals surface area contributed by atoms with Crippen molar-refractivity contribution in [2.24, 2.45) is 0 Å². The Balaban J connectivity index is 2.34. The smallest absolute Gasteiger partial charge is 0.252 e. The van der Waals surface area contributed by atoms with E-state index in [-0.39, 0.29) is 24.6 Å². The number of anilines is 1. The molecule has 1 rings (SSSR count). The summed E-state index contributed by atoms with van der Waals surface area (Å²) in [5.74, 6) is 0.683. The lowest BCUT2D eigenvalue weighted by Crippen LogP contribution is -2.21. The second kappa shape index (κ2) is 4.71. The first-order chi connectivity index (χ1) is 6.58. The van der Waals surface area contributed by atoms with E-state index in [1.165, 1.54) is 0 Å². The molecule has 0 radical (unpaired) electrons. The van der Waals surface area contributed by atoms with Gasteiger partial charge in [0.2, 0.25) is 5.95 Å². The molecule has 1 aromatic heterocycles. The number of carbonyl (C=O) groups excluding carboxylic acids is 1. The molecule has 0 saturated carbocycles. The first-order valence-corrected chi connectivity index (χ1v) is 4.38. The fourth-order valence-electron chi connectivity index (χ4n) is 0.802. The highest BCUT2D eigenvalue weighted by Gasteiger charge is 2.06. The Labute approximate surface area is 82.1 Å². The van der Waals surface area contributed by atoms with Crippen LogP contribution in [0.5, 0.6) is 0 Å². The topological polar surface area (TPSA) is 79.9 Å². The molecule has 0 aliphatic rings. The highest BCUT2D eigenvalue weighted by Crippen LogP contribution is 1.97. The number of ether oxygens (including phenoxy) is 1. The summed E-state index contributed by atoms with van der Waals surface area (Å²) >= 11 is 0. The van der Waals surface area contributed by atoms with Crippen molar-refractivity contribution >= 4 is 11.9 Å². The Morgan fingerprint density at radius 2 is 2.36 bits per heavy atom. The van der Waals surface area contributed by atoms with Gasteiger partial charge in [-0.25, -0.2) is 0 Å². The third-order valence-electron chi connectivity index (χ3n) is 1.40. The average Bonchev–Trinajstić information content (AvgIpc) is 2.48. The maximum absolute atomic E-state index is 11.2. The van der Waals surface area contributed by atoms with Crippen LogP contribution in [-0.2, 0) is 9.53 Å². The number of nitrogens with zero attached hydrogens (tertiary/aromatic N) is 2. The van der Waals surface area contributed by atoms with Crippen molar-refractivity contribution in [1.29, 1.82) is 0 Å². The molecule has 0 aliphatic carbocycles. The van der Waals surface area contributed by atoms with E-state index in [9.17, 15) is 4.79 Å². The molecule has 6 heteroatoms. The number of aryl methyl sites for hydroxylation is 1. The van der Waals surface area contributed by atoms with Gasteiger partial charge in [-0.05, 0) is 20.8 Å². The molecule has 1 amide bonds. The Bertz CT molecular complexity index is 308. The molecule has 78 valence electrons. The fraction of sp³-hybridized carbons (Fsp3) is 0.625. The number of carbonyl (C=O) groups is 1. The average molecular weight is 198 g/mol. The number of aromatic nitrogens is 3. The molecular weight excluding hydrogens is 184 g/mol. The van der Waals surface area contributed by atoms with Gasteiger partial charge in [-0.3, -0.25) is 15.2 Å². The van der Waals surface area contributed by atoms with Gasteiger partial charge in [-0.15, -0.1) is 5.10 Å². The summed E-state index contributed by atoms with van der Waals surface area (Å²) in [5, 5.41) is 8.88. The van der Waals surface area contributed by atoms with Crippen LogP contribution in [0, 0.1) is 6.92 Å². The zero-order chi connectivity index (χ0) is 10.6. The Morgan fingerprint density at radius 3 is 2.86 bits per heavy atom. The summed E-state index contributed by atoms with van der Waals surface area (Å²) in [6, 6.07) is 0. The minimum absolute atomic E-state index is 0.0191. The normalized spacial score (nSPS) is 10.6. The summed E-state index contributed by atoms with van der Waals surface area (Å²) in [5.41, 5.74) is 0. The third-order valence-corrected chi connectivity index (χ3v) is 1.40. The van der Waals surface area contributed by atoms with Crippen LogP contribution in [0.25, 0.3) is 0 Å². The van der Waals surface area contributed by atoms with Gasteiger partial charge in [-0.2, -0.15) is 4.98 Å². The quantitative estimate of drug-likeness (QED) is 0.737. The van der Waals surface area contributed by atoms with Crippen LogP contribution in [0.15, 0.2) is 0 Å². The molecule has 1 aromatic rings. The molecule has 0 unspecified atom stereocenters. The molecule has 0 fully saturated rings. The Hall–Kier alpha value is -1.43. The Morgan fingerprint density at radius 1 is 1.64 bits per heavy atom. The molecule has 2 N–H and O–H groups in total. The van der Waals surface area contributed by atoms with E-state index in [4.69, 9.17) is 4.74 Å². The van der Waals surface area contributed by atoms with E-state index in [0.29, 0.717) is 5.82 Å². The van der Waals surface area contributed by atoms with Crippen molar-refractivity contribution in [3.8, 4) is 0 Å². The summed E-state index contributed by atoms with van der Waals surface area (Å²) in [4.78, 5) is 15.1. The largest absolute Gasteiger partial charge is 0.369 e. The van der Waals surface area contributed by atoms with Crippen LogP contribution < -0.4 is 5.32 Å². The van der Waals surface area contributed by atoms with Crippen LogP contribution in [-0.4, -0.2) is 33.8 Å². The van der Waals surface area contributed by atoms with E-state index >= 15 is 0 Å². The third kappa shape index (κ3) is 3.53. The number of nitrogens with one attached hydrogen (secondary N) is 2. The summed E-state index contributed by atoms with van der Waals surface area (Å²) in [6.45, 7) is 5.51. The first kappa shape index (κ1) is 10.6. The molecule has 0 saturated heterocycles. The molecule has 1 heterocycles. The van der Waals surface area contributed by atoms with Gasteiger partial charge in [0.1, 0.15) is 12.4 Å². The van der Waals surface area contributed by atoms with Gasteiger partial charge >= 0.3 is 0 Å².